The van der Waals surface area contributed by atoms with Crippen LogP contribution in [0.25, 0.3) is 0 Å². The molecule has 2 heterocycles. The van der Waals surface area contributed by atoms with Crippen LogP contribution in [0.15, 0.2) is 23.0 Å². The smallest absolute Gasteiger partial charge is 0.246 e. The van der Waals surface area contributed by atoms with E-state index in [1.807, 2.05) is 13.2 Å². The van der Waals surface area contributed by atoms with Crippen molar-refractivity contribution in [2.75, 3.05) is 7.05 Å². The molecule has 0 saturated heterocycles. The third-order valence-corrected chi connectivity index (χ3v) is 3.02. The van der Waals surface area contributed by atoms with E-state index in [0.717, 1.165) is 5.82 Å². The van der Waals surface area contributed by atoms with Gasteiger partial charge in [-0.05, 0) is 25.6 Å². The number of hydrogen-bond acceptors (Lipinski definition) is 4. The van der Waals surface area contributed by atoms with Crippen LogP contribution in [0.5, 0.6) is 0 Å². The Hall–Kier alpha value is -1.62. The van der Waals surface area contributed by atoms with Gasteiger partial charge in [0.15, 0.2) is 5.82 Å². The molecule has 2 aromatic rings. The van der Waals surface area contributed by atoms with Gasteiger partial charge in [-0.1, -0.05) is 19.0 Å². The molecule has 0 amide bonds. The Kier molecular flexibility index (Phi) is 3.81. The molecule has 0 aliphatic rings. The van der Waals surface area contributed by atoms with E-state index in [2.05, 4.69) is 53.1 Å². The molecule has 0 aliphatic carbocycles. The average molecular weight is 248 g/mol. The SMILES string of the molecule is CNC(C)c1ccn(Cc2nc(C(C)C)no2)c1. The van der Waals surface area contributed by atoms with E-state index in [0.29, 0.717) is 24.4 Å². The number of aromatic nitrogens is 3. The van der Waals surface area contributed by atoms with Gasteiger partial charge in [0.1, 0.15) is 6.54 Å². The van der Waals surface area contributed by atoms with E-state index in [9.17, 15) is 0 Å². The van der Waals surface area contributed by atoms with Gasteiger partial charge in [0.05, 0.1) is 0 Å². The fraction of sp³-hybridized carbons (Fsp3) is 0.538. The van der Waals surface area contributed by atoms with Gasteiger partial charge in [-0.15, -0.1) is 0 Å². The molecule has 0 bridgehead atoms. The zero-order valence-electron chi connectivity index (χ0n) is 11.3. The first-order valence-corrected chi connectivity index (χ1v) is 6.25. The molecule has 5 nitrogen and oxygen atoms in total. The van der Waals surface area contributed by atoms with Crippen LogP contribution >= 0.6 is 0 Å². The lowest BCUT2D eigenvalue weighted by Gasteiger charge is -2.06. The van der Waals surface area contributed by atoms with Gasteiger partial charge < -0.3 is 14.4 Å². The van der Waals surface area contributed by atoms with Crippen molar-refractivity contribution in [1.82, 2.24) is 20.0 Å². The minimum atomic E-state index is 0.298. The lowest BCUT2D eigenvalue weighted by Crippen LogP contribution is -2.11. The van der Waals surface area contributed by atoms with Crippen molar-refractivity contribution in [3.8, 4) is 0 Å². The third-order valence-electron chi connectivity index (χ3n) is 3.02. The van der Waals surface area contributed by atoms with Crippen LogP contribution in [0.1, 0.15) is 50.0 Å². The summed E-state index contributed by atoms with van der Waals surface area (Å²) in [6.07, 6.45) is 4.13. The summed E-state index contributed by atoms with van der Waals surface area (Å²) in [6, 6.07) is 2.45. The normalized spacial score (nSPS) is 13.2. The Balaban J connectivity index is 2.06. The first-order chi connectivity index (χ1) is 8.60. The van der Waals surface area contributed by atoms with Gasteiger partial charge in [-0.2, -0.15) is 4.98 Å². The van der Waals surface area contributed by atoms with Gasteiger partial charge in [0, 0.05) is 24.4 Å². The zero-order chi connectivity index (χ0) is 13.1. The minimum absolute atomic E-state index is 0.298. The van der Waals surface area contributed by atoms with Crippen molar-refractivity contribution in [3.05, 3.63) is 35.7 Å². The lowest BCUT2D eigenvalue weighted by molar-refractivity contribution is 0.364. The van der Waals surface area contributed by atoms with Gasteiger partial charge >= 0.3 is 0 Å². The highest BCUT2D eigenvalue weighted by Crippen LogP contribution is 2.14. The van der Waals surface area contributed by atoms with Crippen LogP contribution in [0.3, 0.4) is 0 Å². The fourth-order valence-corrected chi connectivity index (χ4v) is 1.70. The first-order valence-electron chi connectivity index (χ1n) is 6.25. The second-order valence-corrected chi connectivity index (χ2v) is 4.83. The maximum atomic E-state index is 5.23. The molecular formula is C13H20N4O. The van der Waals surface area contributed by atoms with Crippen LogP contribution in [0.4, 0.5) is 0 Å². The Labute approximate surface area is 107 Å². The molecule has 5 heteroatoms. The molecule has 0 saturated carbocycles. The second kappa shape index (κ2) is 5.35. The van der Waals surface area contributed by atoms with Crippen LogP contribution in [-0.4, -0.2) is 21.8 Å². The van der Waals surface area contributed by atoms with Gasteiger partial charge in [0.2, 0.25) is 5.89 Å². The monoisotopic (exact) mass is 248 g/mol. The van der Waals surface area contributed by atoms with Crippen molar-refractivity contribution in [1.29, 1.82) is 0 Å². The molecule has 1 atom stereocenters. The van der Waals surface area contributed by atoms with Crippen molar-refractivity contribution < 1.29 is 4.52 Å². The Bertz CT molecular complexity index is 501. The summed E-state index contributed by atoms with van der Waals surface area (Å²) >= 11 is 0. The molecule has 0 aliphatic heterocycles. The topological polar surface area (TPSA) is 55.9 Å². The molecule has 1 N–H and O–H groups in total. The summed E-state index contributed by atoms with van der Waals surface area (Å²) in [4.78, 5) is 4.37. The summed E-state index contributed by atoms with van der Waals surface area (Å²) in [5.74, 6) is 1.71. The Morgan fingerprint density at radius 3 is 2.78 bits per heavy atom. The minimum Gasteiger partial charge on any atom is -0.345 e. The average Bonchev–Trinajstić information content (AvgIpc) is 2.98. The van der Waals surface area contributed by atoms with Crippen molar-refractivity contribution >= 4 is 0 Å². The number of rotatable bonds is 5. The summed E-state index contributed by atoms with van der Waals surface area (Å²) in [6.45, 7) is 6.85. The quantitative estimate of drug-likeness (QED) is 0.882. The number of hydrogen-bond donors (Lipinski definition) is 1. The van der Waals surface area contributed by atoms with E-state index in [1.54, 1.807) is 0 Å². The zero-order valence-corrected chi connectivity index (χ0v) is 11.3. The number of nitrogens with zero attached hydrogens (tertiary/aromatic N) is 3. The van der Waals surface area contributed by atoms with E-state index < -0.39 is 0 Å². The molecule has 18 heavy (non-hydrogen) atoms. The lowest BCUT2D eigenvalue weighted by atomic mass is 10.2. The van der Waals surface area contributed by atoms with E-state index in [-0.39, 0.29) is 0 Å². The maximum absolute atomic E-state index is 5.23. The summed E-state index contributed by atoms with van der Waals surface area (Å²) in [5.41, 5.74) is 1.25. The van der Waals surface area contributed by atoms with E-state index >= 15 is 0 Å². The molecule has 0 spiro atoms. The van der Waals surface area contributed by atoms with Gasteiger partial charge in [-0.25, -0.2) is 0 Å². The molecule has 2 aromatic heterocycles. The molecule has 0 aromatic carbocycles. The fourth-order valence-electron chi connectivity index (χ4n) is 1.70. The third kappa shape index (κ3) is 2.79. The maximum Gasteiger partial charge on any atom is 0.246 e. The van der Waals surface area contributed by atoms with E-state index in [1.165, 1.54) is 5.56 Å². The Morgan fingerprint density at radius 1 is 1.39 bits per heavy atom. The summed E-state index contributed by atoms with van der Waals surface area (Å²) in [5, 5.41) is 7.17. The highest BCUT2D eigenvalue weighted by molar-refractivity contribution is 5.15. The summed E-state index contributed by atoms with van der Waals surface area (Å²) in [7, 11) is 1.95. The second-order valence-electron chi connectivity index (χ2n) is 4.83. The highest BCUT2D eigenvalue weighted by Gasteiger charge is 2.10. The predicted molar refractivity (Wildman–Crippen MR) is 69.4 cm³/mol. The van der Waals surface area contributed by atoms with Crippen LogP contribution in [0, 0.1) is 0 Å². The molecule has 0 radical (unpaired) electrons. The highest BCUT2D eigenvalue weighted by atomic mass is 16.5. The molecule has 98 valence electrons. The largest absolute Gasteiger partial charge is 0.345 e. The first kappa shape index (κ1) is 12.8. The molecule has 0 fully saturated rings. The van der Waals surface area contributed by atoms with Gasteiger partial charge in [-0.3, -0.25) is 0 Å². The molecular weight excluding hydrogens is 228 g/mol. The summed E-state index contributed by atoms with van der Waals surface area (Å²) < 4.78 is 7.28. The Morgan fingerprint density at radius 2 is 2.17 bits per heavy atom. The van der Waals surface area contributed by atoms with Crippen molar-refractivity contribution in [2.24, 2.45) is 0 Å². The van der Waals surface area contributed by atoms with Gasteiger partial charge in [0.25, 0.3) is 0 Å². The number of nitrogens with one attached hydrogen (secondary N) is 1. The van der Waals surface area contributed by atoms with Crippen LogP contribution in [0.2, 0.25) is 0 Å². The van der Waals surface area contributed by atoms with Crippen molar-refractivity contribution in [2.45, 2.75) is 39.3 Å². The molecule has 1 unspecified atom stereocenters. The van der Waals surface area contributed by atoms with Crippen LogP contribution in [-0.2, 0) is 6.54 Å². The van der Waals surface area contributed by atoms with Crippen LogP contribution < -0.4 is 5.32 Å². The predicted octanol–water partition coefficient (Wildman–Crippen LogP) is 2.32. The van der Waals surface area contributed by atoms with Crippen molar-refractivity contribution in [3.63, 3.8) is 0 Å². The molecule has 2 rings (SSSR count). The van der Waals surface area contributed by atoms with E-state index in [4.69, 9.17) is 4.52 Å². The standard InChI is InChI=1S/C13H20N4O/c1-9(2)13-15-12(18-16-13)8-17-6-5-11(7-17)10(3)14-4/h5-7,9-10,14H,8H2,1-4H3.